The molecule has 0 unspecified atom stereocenters. The summed E-state index contributed by atoms with van der Waals surface area (Å²) >= 11 is 6.10. The van der Waals surface area contributed by atoms with E-state index in [9.17, 15) is 26.4 Å². The molecule has 0 spiro atoms. The Morgan fingerprint density at radius 3 is 2.26 bits per heavy atom. The van der Waals surface area contributed by atoms with Gasteiger partial charge in [-0.05, 0) is 44.1 Å². The smallest absolute Gasteiger partial charge is 0.490 e. The highest BCUT2D eigenvalue weighted by Crippen LogP contribution is 2.30. The van der Waals surface area contributed by atoms with Gasteiger partial charge in [-0.25, -0.2) is 13.2 Å². The number of rotatable bonds is 9. The number of sulfonamides is 1. The number of alkyl halides is 3. The molecule has 1 aromatic carbocycles. The zero-order valence-electron chi connectivity index (χ0n) is 21.2. The van der Waals surface area contributed by atoms with E-state index in [4.69, 9.17) is 26.2 Å². The van der Waals surface area contributed by atoms with Crippen LogP contribution in [-0.4, -0.2) is 112 Å². The SMILES string of the molecule is COc1ccc(Cl)cc1S(=O)(=O)N(CCC(=O)N1CCNCC1)CCN1CCCCC1.O=C(O)C(F)(F)F. The van der Waals surface area contributed by atoms with Crippen molar-refractivity contribution in [1.82, 2.24) is 19.4 Å². The third-order valence-electron chi connectivity index (χ3n) is 6.15. The maximum atomic E-state index is 13.6. The first kappa shape index (κ1) is 32.1. The Morgan fingerprint density at radius 2 is 1.71 bits per heavy atom. The molecule has 1 amide bonds. The highest BCUT2D eigenvalue weighted by molar-refractivity contribution is 7.89. The molecule has 2 aliphatic heterocycles. The summed E-state index contributed by atoms with van der Waals surface area (Å²) in [6.07, 6.45) is -1.44. The minimum atomic E-state index is -5.08. The number of nitrogens with zero attached hydrogens (tertiary/aromatic N) is 3. The van der Waals surface area contributed by atoms with Crippen LogP contribution in [-0.2, 0) is 19.6 Å². The maximum Gasteiger partial charge on any atom is 0.490 e. The lowest BCUT2D eigenvalue weighted by Crippen LogP contribution is -2.47. The van der Waals surface area contributed by atoms with Crippen molar-refractivity contribution in [2.24, 2.45) is 0 Å². The average molecular weight is 587 g/mol. The Balaban J connectivity index is 0.000000638. The fraction of sp³-hybridized carbons (Fsp3) is 0.652. The third-order valence-corrected chi connectivity index (χ3v) is 8.30. The molecule has 0 atom stereocenters. The lowest BCUT2D eigenvalue weighted by atomic mass is 10.1. The van der Waals surface area contributed by atoms with E-state index >= 15 is 0 Å². The summed E-state index contributed by atoms with van der Waals surface area (Å²) in [5.74, 6) is -2.52. The van der Waals surface area contributed by atoms with E-state index in [0.29, 0.717) is 31.2 Å². The van der Waals surface area contributed by atoms with Gasteiger partial charge in [-0.15, -0.1) is 0 Å². The molecule has 15 heteroatoms. The molecule has 0 aliphatic carbocycles. The third kappa shape index (κ3) is 9.88. The fourth-order valence-corrected chi connectivity index (χ4v) is 5.92. The summed E-state index contributed by atoms with van der Waals surface area (Å²) in [5.41, 5.74) is 0. The van der Waals surface area contributed by atoms with Gasteiger partial charge < -0.3 is 25.0 Å². The summed E-state index contributed by atoms with van der Waals surface area (Å²) < 4.78 is 65.6. The molecular formula is C23H34ClF3N4O6S. The van der Waals surface area contributed by atoms with Crippen molar-refractivity contribution in [3.05, 3.63) is 23.2 Å². The summed E-state index contributed by atoms with van der Waals surface area (Å²) in [6, 6.07) is 4.58. The lowest BCUT2D eigenvalue weighted by Gasteiger charge is -2.31. The molecule has 0 radical (unpaired) electrons. The molecule has 3 rings (SSSR count). The molecular weight excluding hydrogens is 553 g/mol. The number of piperazine rings is 1. The van der Waals surface area contributed by atoms with Gasteiger partial charge in [-0.3, -0.25) is 4.79 Å². The predicted octanol–water partition coefficient (Wildman–Crippen LogP) is 2.28. The number of likely N-dealkylation sites (tertiary alicyclic amines) is 1. The molecule has 2 aliphatic rings. The molecule has 0 bridgehead atoms. The number of piperidine rings is 1. The first-order chi connectivity index (χ1) is 17.9. The molecule has 2 fully saturated rings. The second kappa shape index (κ2) is 14.9. The molecule has 2 saturated heterocycles. The highest BCUT2D eigenvalue weighted by Gasteiger charge is 2.38. The normalized spacial score (nSPS) is 17.1. The molecule has 1 aromatic rings. The second-order valence-corrected chi connectivity index (χ2v) is 11.1. The van der Waals surface area contributed by atoms with Crippen LogP contribution in [0.5, 0.6) is 5.75 Å². The topological polar surface area (TPSA) is 119 Å². The number of benzene rings is 1. The first-order valence-electron chi connectivity index (χ1n) is 12.2. The predicted molar refractivity (Wildman–Crippen MR) is 135 cm³/mol. The van der Waals surface area contributed by atoms with Crippen molar-refractivity contribution in [3.8, 4) is 5.75 Å². The summed E-state index contributed by atoms with van der Waals surface area (Å²) in [4.78, 5) is 25.7. The first-order valence-corrected chi connectivity index (χ1v) is 14.0. The van der Waals surface area contributed by atoms with E-state index in [-0.39, 0.29) is 29.5 Å². The van der Waals surface area contributed by atoms with Gasteiger partial charge in [-0.1, -0.05) is 18.0 Å². The van der Waals surface area contributed by atoms with Crippen molar-refractivity contribution < 1.29 is 41.0 Å². The quantitative estimate of drug-likeness (QED) is 0.452. The summed E-state index contributed by atoms with van der Waals surface area (Å²) in [5, 5.41) is 10.7. The van der Waals surface area contributed by atoms with Gasteiger partial charge in [0.15, 0.2) is 0 Å². The molecule has 216 valence electrons. The van der Waals surface area contributed by atoms with E-state index in [2.05, 4.69) is 10.2 Å². The number of aliphatic carboxylic acids is 1. The van der Waals surface area contributed by atoms with E-state index in [1.165, 1.54) is 23.9 Å². The van der Waals surface area contributed by atoms with Crippen LogP contribution in [0.4, 0.5) is 13.2 Å². The van der Waals surface area contributed by atoms with Gasteiger partial charge >= 0.3 is 12.1 Å². The van der Waals surface area contributed by atoms with Crippen LogP contribution in [0.3, 0.4) is 0 Å². The number of nitrogens with one attached hydrogen (secondary N) is 1. The monoisotopic (exact) mass is 586 g/mol. The van der Waals surface area contributed by atoms with E-state index in [1.807, 2.05) is 0 Å². The van der Waals surface area contributed by atoms with Gasteiger partial charge in [-0.2, -0.15) is 17.5 Å². The Labute approximate surface area is 225 Å². The Morgan fingerprint density at radius 1 is 1.11 bits per heavy atom. The number of hydrogen-bond acceptors (Lipinski definition) is 7. The largest absolute Gasteiger partial charge is 0.495 e. The summed E-state index contributed by atoms with van der Waals surface area (Å²) in [7, 11) is -2.44. The average Bonchev–Trinajstić information content (AvgIpc) is 2.89. The van der Waals surface area contributed by atoms with Gasteiger partial charge in [0.1, 0.15) is 10.6 Å². The van der Waals surface area contributed by atoms with Crippen molar-refractivity contribution in [2.75, 3.05) is 66.0 Å². The zero-order valence-corrected chi connectivity index (χ0v) is 22.7. The number of carbonyl (C=O) groups excluding carboxylic acids is 1. The molecule has 0 saturated carbocycles. The molecule has 10 nitrogen and oxygen atoms in total. The minimum Gasteiger partial charge on any atom is -0.495 e. The minimum absolute atomic E-state index is 0.0160. The number of carboxylic acids is 1. The number of hydrogen-bond donors (Lipinski definition) is 2. The van der Waals surface area contributed by atoms with Gasteiger partial charge in [0.25, 0.3) is 0 Å². The molecule has 2 N–H and O–H groups in total. The Kier molecular flexibility index (Phi) is 12.6. The number of ether oxygens (including phenoxy) is 1. The number of halogens is 4. The van der Waals surface area contributed by atoms with E-state index in [0.717, 1.165) is 39.0 Å². The fourth-order valence-electron chi connectivity index (χ4n) is 4.07. The van der Waals surface area contributed by atoms with Crippen LogP contribution in [0.1, 0.15) is 25.7 Å². The van der Waals surface area contributed by atoms with Crippen LogP contribution in [0.2, 0.25) is 5.02 Å². The number of methoxy groups -OCH3 is 1. The van der Waals surface area contributed by atoms with Crippen molar-refractivity contribution in [3.63, 3.8) is 0 Å². The van der Waals surface area contributed by atoms with Crippen LogP contribution >= 0.6 is 11.6 Å². The zero-order chi connectivity index (χ0) is 28.3. The summed E-state index contributed by atoms with van der Waals surface area (Å²) in [6.45, 7) is 5.90. The standard InChI is InChI=1S/C21H33ClN4O4S.C2HF3O2/c1-30-19-6-5-18(22)17-20(19)31(28,29)26(16-15-24-10-3-2-4-11-24)12-7-21(27)25-13-8-23-9-14-25;3-2(4,5)1(6)7/h5-6,17,23H,2-4,7-16H2,1H3;(H,6,7). The van der Waals surface area contributed by atoms with Gasteiger partial charge in [0.05, 0.1) is 7.11 Å². The highest BCUT2D eigenvalue weighted by atomic mass is 35.5. The van der Waals surface area contributed by atoms with Crippen LogP contribution in [0.15, 0.2) is 23.1 Å². The second-order valence-electron chi connectivity index (χ2n) is 8.79. The molecule has 38 heavy (non-hydrogen) atoms. The number of amides is 1. The van der Waals surface area contributed by atoms with E-state index in [1.54, 1.807) is 17.0 Å². The molecule has 2 heterocycles. The van der Waals surface area contributed by atoms with Crippen molar-refractivity contribution in [1.29, 1.82) is 0 Å². The van der Waals surface area contributed by atoms with Crippen LogP contribution < -0.4 is 10.1 Å². The Hall–Kier alpha value is -2.13. The number of carboxylic acid groups (broad SMARTS) is 1. The Bertz CT molecular complexity index is 1030. The van der Waals surface area contributed by atoms with Crippen molar-refractivity contribution >= 4 is 33.5 Å². The van der Waals surface area contributed by atoms with Gasteiger partial charge in [0, 0.05) is 57.3 Å². The number of carbonyl (C=O) groups is 2. The van der Waals surface area contributed by atoms with Crippen LogP contribution in [0, 0.1) is 0 Å². The van der Waals surface area contributed by atoms with Gasteiger partial charge in [0.2, 0.25) is 15.9 Å². The molecule has 0 aromatic heterocycles. The lowest BCUT2D eigenvalue weighted by molar-refractivity contribution is -0.192. The van der Waals surface area contributed by atoms with Crippen molar-refractivity contribution in [2.45, 2.75) is 36.8 Å². The van der Waals surface area contributed by atoms with E-state index < -0.39 is 22.2 Å². The van der Waals surface area contributed by atoms with Crippen LogP contribution in [0.25, 0.3) is 0 Å². The maximum absolute atomic E-state index is 13.6.